The van der Waals surface area contributed by atoms with E-state index in [9.17, 15) is 0 Å². The molecule has 110 valence electrons. The van der Waals surface area contributed by atoms with Crippen molar-refractivity contribution in [3.05, 3.63) is 29.0 Å². The predicted molar refractivity (Wildman–Crippen MR) is 84.2 cm³/mol. The zero-order valence-electron chi connectivity index (χ0n) is 11.6. The Labute approximate surface area is 131 Å². The average molecular weight is 349 g/mol. The molecule has 1 fully saturated rings. The van der Waals surface area contributed by atoms with Gasteiger partial charge in [-0.25, -0.2) is 4.68 Å². The lowest BCUT2D eigenvalue weighted by Gasteiger charge is -2.29. The summed E-state index contributed by atoms with van der Waals surface area (Å²) < 4.78 is 8.76. The summed E-state index contributed by atoms with van der Waals surface area (Å²) in [6.45, 7) is 2.72. The van der Waals surface area contributed by atoms with Crippen LogP contribution in [0.3, 0.4) is 0 Å². The summed E-state index contributed by atoms with van der Waals surface area (Å²) in [4.78, 5) is 4.08. The summed E-state index contributed by atoms with van der Waals surface area (Å²) in [6.07, 6.45) is 5.84. The third kappa shape index (κ3) is 2.26. The third-order valence-corrected chi connectivity index (χ3v) is 5.11. The van der Waals surface area contributed by atoms with Crippen LogP contribution in [0.15, 0.2) is 29.0 Å². The highest BCUT2D eigenvalue weighted by molar-refractivity contribution is 9.10. The second kappa shape index (κ2) is 5.42. The first-order chi connectivity index (χ1) is 10.3. The normalized spacial score (nSPS) is 24.6. The second-order valence-corrected chi connectivity index (χ2v) is 6.39. The van der Waals surface area contributed by atoms with Crippen molar-refractivity contribution in [1.82, 2.24) is 14.8 Å². The smallest absolute Gasteiger partial charge is 0.139 e. The summed E-state index contributed by atoms with van der Waals surface area (Å²) in [5, 5.41) is 8.34. The number of halogens is 1. The van der Waals surface area contributed by atoms with E-state index in [0.29, 0.717) is 12.0 Å². The summed E-state index contributed by atoms with van der Waals surface area (Å²) >= 11 is 3.71. The van der Waals surface area contributed by atoms with Gasteiger partial charge in [-0.2, -0.15) is 5.10 Å². The number of hydrogen-bond acceptors (Lipinski definition) is 4. The Bertz CT molecular complexity index is 637. The minimum Gasteiger partial charge on any atom is -0.381 e. The van der Waals surface area contributed by atoms with Gasteiger partial charge in [-0.1, -0.05) is 0 Å². The molecule has 6 heteroatoms. The fraction of sp³-hybridized carbons (Fsp3) is 0.467. The van der Waals surface area contributed by atoms with E-state index in [1.807, 2.05) is 12.1 Å². The highest BCUT2D eigenvalue weighted by Gasteiger charge is 2.33. The molecular weight excluding hydrogens is 332 g/mol. The van der Waals surface area contributed by atoms with Crippen LogP contribution in [0.5, 0.6) is 0 Å². The van der Waals surface area contributed by atoms with Crippen LogP contribution in [0.2, 0.25) is 0 Å². The van der Waals surface area contributed by atoms with E-state index in [2.05, 4.69) is 30.9 Å². The fourth-order valence-electron chi connectivity index (χ4n) is 3.26. The molecule has 4 rings (SSSR count). The molecule has 0 aliphatic carbocycles. The third-order valence-electron chi connectivity index (χ3n) is 4.36. The minimum absolute atomic E-state index is 0.427. The summed E-state index contributed by atoms with van der Waals surface area (Å²) in [5.41, 5.74) is 2.06. The molecule has 0 bridgehead atoms. The highest BCUT2D eigenvalue weighted by atomic mass is 79.9. The number of nitrogens with zero attached hydrogens (tertiary/aromatic N) is 3. The molecule has 0 amide bonds. The van der Waals surface area contributed by atoms with Gasteiger partial charge in [-0.15, -0.1) is 0 Å². The zero-order chi connectivity index (χ0) is 14.2. The van der Waals surface area contributed by atoms with E-state index in [1.54, 1.807) is 12.4 Å². The van der Waals surface area contributed by atoms with E-state index >= 15 is 0 Å². The van der Waals surface area contributed by atoms with Crippen LogP contribution < -0.4 is 5.32 Å². The van der Waals surface area contributed by atoms with Crippen molar-refractivity contribution in [3.63, 3.8) is 0 Å². The second-order valence-electron chi connectivity index (χ2n) is 5.60. The van der Waals surface area contributed by atoms with Crippen LogP contribution in [0.25, 0.3) is 11.3 Å². The van der Waals surface area contributed by atoms with Crippen molar-refractivity contribution < 1.29 is 4.74 Å². The van der Waals surface area contributed by atoms with Gasteiger partial charge in [0, 0.05) is 37.0 Å². The number of nitrogens with one attached hydrogen (secondary N) is 1. The number of aromatic nitrogens is 3. The van der Waals surface area contributed by atoms with Gasteiger partial charge in [0.2, 0.25) is 0 Å². The predicted octanol–water partition coefficient (Wildman–Crippen LogP) is 3.10. The van der Waals surface area contributed by atoms with E-state index < -0.39 is 0 Å². The summed E-state index contributed by atoms with van der Waals surface area (Å²) in [6, 6.07) is 4.41. The quantitative estimate of drug-likeness (QED) is 0.905. The molecule has 5 nitrogen and oxygen atoms in total. The molecule has 21 heavy (non-hydrogen) atoms. The lowest BCUT2D eigenvalue weighted by Crippen LogP contribution is -2.29. The standard InChI is InChI=1S/C15H17BrN4O/c16-13-14(10-1-5-17-6-2-10)19-20-12(3-7-18-15(13)20)11-4-8-21-9-11/h1-2,5-6,11-12,18H,3-4,7-9H2. The highest BCUT2D eigenvalue weighted by Crippen LogP contribution is 2.41. The number of pyridine rings is 1. The lowest BCUT2D eigenvalue weighted by atomic mass is 9.95. The maximum atomic E-state index is 5.57. The number of rotatable bonds is 2. The first-order valence-electron chi connectivity index (χ1n) is 7.34. The maximum Gasteiger partial charge on any atom is 0.139 e. The average Bonchev–Trinajstić information content (AvgIpc) is 3.17. The Morgan fingerprint density at radius 3 is 2.90 bits per heavy atom. The Hall–Kier alpha value is -1.40. The topological polar surface area (TPSA) is 52.0 Å². The number of anilines is 1. The first kappa shape index (κ1) is 13.3. The van der Waals surface area contributed by atoms with Crippen LogP contribution in [0.1, 0.15) is 18.9 Å². The monoisotopic (exact) mass is 348 g/mol. The summed E-state index contributed by atoms with van der Waals surface area (Å²) in [5.74, 6) is 1.66. The molecule has 1 N–H and O–H groups in total. The van der Waals surface area contributed by atoms with Crippen molar-refractivity contribution in [1.29, 1.82) is 0 Å². The van der Waals surface area contributed by atoms with Crippen LogP contribution >= 0.6 is 15.9 Å². The molecule has 0 saturated carbocycles. The van der Waals surface area contributed by atoms with Gasteiger partial charge in [-0.3, -0.25) is 4.98 Å². The van der Waals surface area contributed by atoms with Crippen LogP contribution in [0, 0.1) is 5.92 Å². The molecule has 0 aromatic carbocycles. The van der Waals surface area contributed by atoms with Crippen molar-refractivity contribution >= 4 is 21.7 Å². The van der Waals surface area contributed by atoms with Crippen LogP contribution in [-0.4, -0.2) is 34.5 Å². The number of hydrogen-bond donors (Lipinski definition) is 1. The van der Waals surface area contributed by atoms with Gasteiger partial charge in [-0.05, 0) is 40.9 Å². The molecule has 0 spiro atoms. The molecule has 2 aromatic rings. The summed E-state index contributed by atoms with van der Waals surface area (Å²) in [7, 11) is 0. The number of ether oxygens (including phenoxy) is 1. The van der Waals surface area contributed by atoms with Gasteiger partial charge in [0.1, 0.15) is 11.5 Å². The van der Waals surface area contributed by atoms with Crippen LogP contribution in [-0.2, 0) is 4.74 Å². The molecule has 2 atom stereocenters. The number of fused-ring (bicyclic) bond motifs is 1. The fourth-order valence-corrected chi connectivity index (χ4v) is 3.89. The molecule has 4 heterocycles. The molecule has 2 aliphatic rings. The Kier molecular flexibility index (Phi) is 3.43. The van der Waals surface area contributed by atoms with Crippen LogP contribution in [0.4, 0.5) is 5.82 Å². The van der Waals surface area contributed by atoms with Crippen molar-refractivity contribution in [2.45, 2.75) is 18.9 Å². The molecule has 1 saturated heterocycles. The molecular formula is C15H17BrN4O. The van der Waals surface area contributed by atoms with E-state index in [0.717, 1.165) is 54.1 Å². The molecule has 0 radical (unpaired) electrons. The first-order valence-corrected chi connectivity index (χ1v) is 8.14. The van der Waals surface area contributed by atoms with Gasteiger partial charge in [0.25, 0.3) is 0 Å². The van der Waals surface area contributed by atoms with Crippen molar-refractivity contribution in [2.24, 2.45) is 5.92 Å². The lowest BCUT2D eigenvalue weighted by molar-refractivity contribution is 0.167. The Morgan fingerprint density at radius 1 is 1.29 bits per heavy atom. The van der Waals surface area contributed by atoms with Gasteiger partial charge in [0.15, 0.2) is 0 Å². The zero-order valence-corrected chi connectivity index (χ0v) is 13.2. The molecule has 2 aliphatic heterocycles. The van der Waals surface area contributed by atoms with E-state index in [4.69, 9.17) is 9.84 Å². The minimum atomic E-state index is 0.427. The van der Waals surface area contributed by atoms with Crippen molar-refractivity contribution in [3.8, 4) is 11.3 Å². The largest absolute Gasteiger partial charge is 0.381 e. The van der Waals surface area contributed by atoms with Crippen molar-refractivity contribution in [2.75, 3.05) is 25.1 Å². The maximum absolute atomic E-state index is 5.57. The van der Waals surface area contributed by atoms with Gasteiger partial charge < -0.3 is 10.1 Å². The van der Waals surface area contributed by atoms with Gasteiger partial charge in [0.05, 0.1) is 17.1 Å². The van der Waals surface area contributed by atoms with E-state index in [-0.39, 0.29) is 0 Å². The SMILES string of the molecule is Brc1c(-c2ccncc2)nn2c1NCCC2C1CCOC1. The molecule has 2 aromatic heterocycles. The Balaban J connectivity index is 1.76. The van der Waals surface area contributed by atoms with E-state index in [1.165, 1.54) is 0 Å². The molecule has 2 unspecified atom stereocenters. The Morgan fingerprint density at radius 2 is 2.14 bits per heavy atom. The van der Waals surface area contributed by atoms with Gasteiger partial charge >= 0.3 is 0 Å².